The Morgan fingerprint density at radius 1 is 0.400 bits per heavy atom. The van der Waals surface area contributed by atoms with Crippen LogP contribution in [0, 0.1) is 41.4 Å². The molecule has 24 heteroatoms. The average Bonchev–Trinajstić information content (AvgIpc) is 3.49. The molecule has 0 aromatic carbocycles. The lowest BCUT2D eigenvalue weighted by atomic mass is 9.91. The third kappa shape index (κ3) is 20.9. The maximum atomic E-state index is 15.1. The van der Waals surface area contributed by atoms with E-state index in [4.69, 9.17) is 0 Å². The van der Waals surface area contributed by atoms with Crippen LogP contribution in [0.3, 0.4) is 0 Å². The van der Waals surface area contributed by atoms with Gasteiger partial charge in [0.2, 0.25) is 65.0 Å². The van der Waals surface area contributed by atoms with Crippen molar-refractivity contribution in [1.29, 1.82) is 0 Å². The summed E-state index contributed by atoms with van der Waals surface area (Å²) in [5.74, 6) is -10.2. The van der Waals surface area contributed by atoms with Crippen molar-refractivity contribution in [2.75, 3.05) is 55.9 Å². The highest BCUT2D eigenvalue weighted by atomic mass is 16.3. The number of aliphatic hydroxyl groups excluding tert-OH is 2. The molecule has 13 atom stereocenters. The van der Waals surface area contributed by atoms with Crippen LogP contribution in [-0.2, 0) is 52.7 Å². The molecule has 0 aromatic rings. The fourth-order valence-corrected chi connectivity index (χ4v) is 10.8. The number of nitrogens with one attached hydrogen (secondary N) is 4. The Labute approximate surface area is 508 Å². The Morgan fingerprint density at radius 3 is 1.21 bits per heavy atom. The monoisotopic (exact) mass is 1210 g/mol. The summed E-state index contributed by atoms with van der Waals surface area (Å²) < 4.78 is 0. The lowest BCUT2D eigenvalue weighted by Gasteiger charge is -2.41. The number of amides is 11. The van der Waals surface area contributed by atoms with Gasteiger partial charge in [-0.15, -0.1) is 0 Å². The summed E-state index contributed by atoms with van der Waals surface area (Å²) in [6, 6.07) is -13.8. The fraction of sp³-hybridized carbons (Fsp3) is 0.820. The van der Waals surface area contributed by atoms with E-state index in [0.717, 1.165) is 9.80 Å². The maximum Gasteiger partial charge on any atom is 0.246 e. The Kier molecular flexibility index (Phi) is 31.2. The van der Waals surface area contributed by atoms with Crippen molar-refractivity contribution in [2.24, 2.45) is 41.4 Å². The summed E-state index contributed by atoms with van der Waals surface area (Å²) in [5, 5.41) is 32.8. The highest BCUT2D eigenvalue weighted by Crippen LogP contribution is 2.26. The van der Waals surface area contributed by atoms with E-state index in [2.05, 4.69) is 21.3 Å². The summed E-state index contributed by atoms with van der Waals surface area (Å²) in [7, 11) is 9.79. The highest BCUT2D eigenvalue weighted by Gasteiger charge is 2.46. The van der Waals surface area contributed by atoms with Crippen LogP contribution in [0.2, 0.25) is 0 Å². The van der Waals surface area contributed by atoms with Gasteiger partial charge in [-0.05, 0) is 101 Å². The second-order valence-electron chi connectivity index (χ2n) is 26.2. The van der Waals surface area contributed by atoms with Gasteiger partial charge >= 0.3 is 0 Å². The maximum absolute atomic E-state index is 15.1. The van der Waals surface area contributed by atoms with Gasteiger partial charge in [0.05, 0.1) is 6.10 Å². The van der Waals surface area contributed by atoms with E-state index in [1.165, 1.54) is 94.6 Å². The van der Waals surface area contributed by atoms with Crippen LogP contribution in [0.25, 0.3) is 0 Å². The molecule has 488 valence electrons. The van der Waals surface area contributed by atoms with Gasteiger partial charge in [0.25, 0.3) is 0 Å². The van der Waals surface area contributed by atoms with Crippen molar-refractivity contribution in [3.8, 4) is 0 Å². The number of nitrogens with zero attached hydrogens (tertiary/aromatic N) is 7. The Morgan fingerprint density at radius 2 is 0.788 bits per heavy atom. The van der Waals surface area contributed by atoms with Crippen molar-refractivity contribution in [3.63, 3.8) is 0 Å². The number of aliphatic hydroxyl groups is 2. The minimum atomic E-state index is -1.69. The standard InChI is InChI=1S/C61H111N11O13/c1-25-42-57(81)66(18)41(17)56(80)67(19)44(29-33(4)5)53(77)65-47(36(10)11)60(84)68(20)43(28-32(2)3)52(76)62-39(15)51(75)63-40(16)55(79)69(21)45(30-34(6)7)58(82)70(22)46(31-35(8)9)59(83)71(23)48(37(12)13)61(85)72(24)49(54(78)64-42)50(74)38(14)26-27-73/h32-50,73-74H,25-31H2,1-24H3,(H,62,76)(H,63,75)(H,64,78)(H,65,77)/t38-,39+,40-,41-,42+,43+,44+,45+,46+,47+,48+,49+,50-/m1/s1. The van der Waals surface area contributed by atoms with Crippen LogP contribution in [0.15, 0.2) is 0 Å². The minimum Gasteiger partial charge on any atom is -0.396 e. The van der Waals surface area contributed by atoms with Gasteiger partial charge in [-0.3, -0.25) is 52.7 Å². The molecule has 85 heavy (non-hydrogen) atoms. The number of rotatable bonds is 15. The molecule has 1 heterocycles. The number of carbonyl (C=O) groups is 11. The molecule has 11 amide bonds. The van der Waals surface area contributed by atoms with E-state index in [1.807, 2.05) is 55.4 Å². The largest absolute Gasteiger partial charge is 0.396 e. The molecule has 24 nitrogen and oxygen atoms in total. The van der Waals surface area contributed by atoms with Crippen molar-refractivity contribution in [2.45, 2.75) is 229 Å². The molecule has 6 N–H and O–H groups in total. The topological polar surface area (TPSA) is 299 Å². The van der Waals surface area contributed by atoms with Gasteiger partial charge < -0.3 is 65.8 Å². The first-order chi connectivity index (χ1) is 39.1. The SMILES string of the molecule is CC[C@@H]1NC(=O)[C@H]([C@H](O)[C@H](C)CCO)N(C)C(=O)[C@H](C(C)C)N(C)C(=O)[C@H](CC(C)C)N(C)C(=O)[C@H](CC(C)C)N(C)C(=O)[C@@H](C)NC(=O)[C@H](C)NC(=O)[C@H](CC(C)C)N(C)C(=O)[C@H](C(C)C)NC(=O)[C@H](CC(C)C)N(C)C(=O)[C@@H](C)N(C)C1=O. The number of carbonyl (C=O) groups excluding carboxylic acids is 11. The predicted molar refractivity (Wildman–Crippen MR) is 325 cm³/mol. The Bertz CT molecular complexity index is 2300. The van der Waals surface area contributed by atoms with Crippen LogP contribution >= 0.6 is 0 Å². The van der Waals surface area contributed by atoms with E-state index >= 15 is 9.59 Å². The van der Waals surface area contributed by atoms with E-state index in [0.29, 0.717) is 0 Å². The van der Waals surface area contributed by atoms with Gasteiger partial charge in [-0.2, -0.15) is 0 Å². The van der Waals surface area contributed by atoms with E-state index in [9.17, 15) is 53.4 Å². The summed E-state index contributed by atoms with van der Waals surface area (Å²) >= 11 is 0. The van der Waals surface area contributed by atoms with Crippen molar-refractivity contribution >= 4 is 65.0 Å². The first-order valence-electron chi connectivity index (χ1n) is 30.5. The van der Waals surface area contributed by atoms with Crippen LogP contribution in [0.1, 0.15) is 156 Å². The molecular weight excluding hydrogens is 1090 g/mol. The van der Waals surface area contributed by atoms with Crippen LogP contribution in [-0.4, -0.2) is 238 Å². The second kappa shape index (κ2) is 34.4. The van der Waals surface area contributed by atoms with Crippen LogP contribution < -0.4 is 21.3 Å². The van der Waals surface area contributed by atoms with Crippen molar-refractivity contribution < 1.29 is 63.0 Å². The highest BCUT2D eigenvalue weighted by molar-refractivity contribution is 6.00. The second-order valence-corrected chi connectivity index (χ2v) is 26.2. The van der Waals surface area contributed by atoms with E-state index in [-0.39, 0.29) is 68.8 Å². The molecule has 1 aliphatic heterocycles. The summed E-state index contributed by atoms with van der Waals surface area (Å²) in [5.41, 5.74) is 0. The molecule has 1 rings (SSSR count). The van der Waals surface area contributed by atoms with Gasteiger partial charge in [-0.1, -0.05) is 96.9 Å². The minimum absolute atomic E-state index is 0.0140. The molecule has 1 fully saturated rings. The summed E-state index contributed by atoms with van der Waals surface area (Å²) in [6.45, 7) is 28.8. The van der Waals surface area contributed by atoms with Crippen LogP contribution in [0.5, 0.6) is 0 Å². The van der Waals surface area contributed by atoms with Crippen molar-refractivity contribution in [3.05, 3.63) is 0 Å². The lowest BCUT2D eigenvalue weighted by Crippen LogP contribution is -2.64. The summed E-state index contributed by atoms with van der Waals surface area (Å²) in [4.78, 5) is 169. The third-order valence-corrected chi connectivity index (χ3v) is 16.4. The van der Waals surface area contributed by atoms with Gasteiger partial charge in [0.15, 0.2) is 0 Å². The first-order valence-corrected chi connectivity index (χ1v) is 30.5. The molecular formula is C61H111N11O13. The van der Waals surface area contributed by atoms with Gasteiger partial charge in [-0.25, -0.2) is 0 Å². The molecule has 1 saturated heterocycles. The molecule has 0 aromatic heterocycles. The quantitative estimate of drug-likeness (QED) is 0.137. The molecule has 1 aliphatic rings. The lowest BCUT2D eigenvalue weighted by molar-refractivity contribution is -0.157. The molecule has 0 unspecified atom stereocenters. The molecule has 0 radical (unpaired) electrons. The predicted octanol–water partition coefficient (Wildman–Crippen LogP) is 2.07. The van der Waals surface area contributed by atoms with E-state index < -0.39 is 155 Å². The van der Waals surface area contributed by atoms with Gasteiger partial charge in [0.1, 0.15) is 66.5 Å². The van der Waals surface area contributed by atoms with Crippen LogP contribution in [0.4, 0.5) is 0 Å². The fourth-order valence-electron chi connectivity index (χ4n) is 10.8. The number of likely N-dealkylation sites (N-methyl/N-ethyl adjacent to an activating group) is 7. The molecule has 0 bridgehead atoms. The average molecular weight is 1210 g/mol. The zero-order valence-electron chi connectivity index (χ0n) is 55.9. The Hall–Kier alpha value is -5.91. The smallest absolute Gasteiger partial charge is 0.246 e. The molecule has 0 aliphatic carbocycles. The zero-order valence-corrected chi connectivity index (χ0v) is 55.9. The number of hydrogen-bond acceptors (Lipinski definition) is 13. The van der Waals surface area contributed by atoms with Gasteiger partial charge in [0, 0.05) is 55.9 Å². The molecule has 0 spiro atoms. The van der Waals surface area contributed by atoms with E-state index in [1.54, 1.807) is 41.5 Å². The number of hydrogen-bond donors (Lipinski definition) is 6. The summed E-state index contributed by atoms with van der Waals surface area (Å²) in [6.07, 6.45) is -1.05. The first kappa shape index (κ1) is 77.1. The zero-order chi connectivity index (χ0) is 66.1. The molecule has 0 saturated carbocycles. The Balaban J connectivity index is 4.35. The normalized spacial score (nSPS) is 27.7. The third-order valence-electron chi connectivity index (χ3n) is 16.4. The van der Waals surface area contributed by atoms with Crippen molar-refractivity contribution in [1.82, 2.24) is 55.6 Å².